The molecule has 6 rings (SSSR count). The van der Waals surface area contributed by atoms with Crippen LogP contribution < -0.4 is 4.90 Å². The van der Waals surface area contributed by atoms with Crippen molar-refractivity contribution in [3.05, 3.63) is 29.0 Å². The van der Waals surface area contributed by atoms with Gasteiger partial charge in [-0.15, -0.1) is 0 Å². The van der Waals surface area contributed by atoms with Gasteiger partial charge in [-0.3, -0.25) is 14.8 Å². The second-order valence-electron chi connectivity index (χ2n) is 10.4. The van der Waals surface area contributed by atoms with E-state index >= 15 is 0 Å². The Balaban J connectivity index is 0.00000144. The number of morpholine rings is 1. The van der Waals surface area contributed by atoms with Crippen LogP contribution in [-0.4, -0.2) is 81.3 Å². The molecule has 2 aromatic heterocycles. The van der Waals surface area contributed by atoms with Crippen LogP contribution in [0.2, 0.25) is 0 Å². The van der Waals surface area contributed by atoms with Gasteiger partial charge in [0, 0.05) is 37.1 Å². The van der Waals surface area contributed by atoms with Crippen molar-refractivity contribution >= 4 is 22.6 Å². The lowest BCUT2D eigenvalue weighted by molar-refractivity contribution is -0.124. The van der Waals surface area contributed by atoms with Crippen LogP contribution in [0.15, 0.2) is 12.1 Å². The van der Waals surface area contributed by atoms with Gasteiger partial charge in [-0.25, -0.2) is 4.98 Å². The molecule has 190 valence electrons. The Labute approximate surface area is 204 Å². The molecule has 3 aromatic rings. The number of H-pyrrole nitrogens is 2. The zero-order chi connectivity index (χ0) is 22.9. The summed E-state index contributed by atoms with van der Waals surface area (Å²) in [5.41, 5.74) is 7.75. The Morgan fingerprint density at radius 3 is 2.77 bits per heavy atom. The molecule has 2 fully saturated rings. The lowest BCUT2D eigenvalue weighted by atomic mass is 9.88. The zero-order valence-corrected chi connectivity index (χ0v) is 20.9. The van der Waals surface area contributed by atoms with Crippen LogP contribution in [0.25, 0.3) is 22.6 Å². The van der Waals surface area contributed by atoms with Crippen LogP contribution in [0, 0.1) is 18.3 Å². The van der Waals surface area contributed by atoms with E-state index in [1.54, 1.807) is 4.90 Å². The number of carbonyl (C=O) groups is 1. The van der Waals surface area contributed by atoms with E-state index in [1.807, 2.05) is 27.0 Å². The van der Waals surface area contributed by atoms with Gasteiger partial charge in [0.05, 0.1) is 30.3 Å². The number of hydrogen-bond acceptors (Lipinski definition) is 5. The summed E-state index contributed by atoms with van der Waals surface area (Å²) in [6, 6.07) is 3.92. The fourth-order valence-corrected chi connectivity index (χ4v) is 5.80. The molecule has 6 N–H and O–H groups in total. The molecular weight excluding hydrogens is 448 g/mol. The van der Waals surface area contributed by atoms with Gasteiger partial charge in [0.15, 0.2) is 5.82 Å². The molecule has 3 atom stereocenters. The molecule has 1 amide bonds. The average molecular weight is 485 g/mol. The van der Waals surface area contributed by atoms with Crippen LogP contribution in [-0.2, 0) is 22.4 Å². The summed E-state index contributed by atoms with van der Waals surface area (Å²) in [4.78, 5) is 25.6. The van der Waals surface area contributed by atoms with Crippen LogP contribution in [0.4, 0.5) is 5.69 Å². The van der Waals surface area contributed by atoms with Gasteiger partial charge in [0.1, 0.15) is 5.69 Å². The molecule has 1 aliphatic heterocycles. The largest absolute Gasteiger partial charge is 0.412 e. The lowest BCUT2D eigenvalue weighted by Gasteiger charge is -2.33. The summed E-state index contributed by atoms with van der Waals surface area (Å²) in [5.74, 6) is 1.66. The Morgan fingerprint density at radius 1 is 1.29 bits per heavy atom. The minimum Gasteiger partial charge on any atom is -0.412 e. The number of nitrogens with one attached hydrogen (secondary N) is 2. The SMILES string of the molecule is Cc1cc2[nH]c(-c3n[nH]c4c3C[C@@H]3C[C@]3(C)C4)nc2cc1N(C)C(=O)C(C)N1CCOCC1.O.O. The smallest absolute Gasteiger partial charge is 0.243 e. The Kier molecular flexibility index (Phi) is 6.52. The summed E-state index contributed by atoms with van der Waals surface area (Å²) in [7, 11) is 1.86. The molecule has 0 radical (unpaired) electrons. The zero-order valence-electron chi connectivity index (χ0n) is 20.9. The number of imidazole rings is 1. The van der Waals surface area contributed by atoms with Gasteiger partial charge in [0.25, 0.3) is 0 Å². The molecule has 1 saturated carbocycles. The number of aromatic nitrogens is 4. The number of hydrogen-bond donors (Lipinski definition) is 2. The highest BCUT2D eigenvalue weighted by Gasteiger charge is 2.53. The Hall–Kier alpha value is -2.79. The standard InChI is InChI=1S/C25H32N6O2.2H2O/c1-14-9-18-19(11-21(14)30(4)24(32)15(2)31-5-7-33-8-6-31)27-23(26-18)22-17-10-16-12-25(16,3)13-20(17)28-29-22;;/h9,11,15-16H,5-8,10,12-13H2,1-4H3,(H,26,27)(H,28,29);2*1H2/t15?,16-,25-;;/m1../s1. The summed E-state index contributed by atoms with van der Waals surface area (Å²) in [6.07, 6.45) is 3.47. The number of aromatic amines is 2. The molecule has 3 aliphatic rings. The molecule has 3 heterocycles. The van der Waals surface area contributed by atoms with E-state index in [0.29, 0.717) is 18.6 Å². The summed E-state index contributed by atoms with van der Waals surface area (Å²) in [6.45, 7) is 9.34. The van der Waals surface area contributed by atoms with E-state index in [2.05, 4.69) is 33.1 Å². The second kappa shape index (κ2) is 9.02. The molecule has 2 aliphatic carbocycles. The molecule has 0 spiro atoms. The molecular formula is C25H36N6O4. The summed E-state index contributed by atoms with van der Waals surface area (Å²) in [5, 5.41) is 7.91. The van der Waals surface area contributed by atoms with Crippen molar-refractivity contribution in [2.45, 2.75) is 46.1 Å². The third-order valence-corrected chi connectivity index (χ3v) is 8.19. The minimum absolute atomic E-state index is 0. The van der Waals surface area contributed by atoms with Gasteiger partial charge < -0.3 is 25.6 Å². The second-order valence-corrected chi connectivity index (χ2v) is 10.4. The van der Waals surface area contributed by atoms with Gasteiger partial charge in [0.2, 0.25) is 5.91 Å². The van der Waals surface area contributed by atoms with Gasteiger partial charge >= 0.3 is 0 Å². The highest BCUT2D eigenvalue weighted by atomic mass is 16.5. The predicted molar refractivity (Wildman–Crippen MR) is 135 cm³/mol. The number of carbonyl (C=O) groups excluding carboxylic acids is 1. The highest BCUT2D eigenvalue weighted by Crippen LogP contribution is 2.59. The maximum absolute atomic E-state index is 13.2. The van der Waals surface area contributed by atoms with Crippen LogP contribution in [0.5, 0.6) is 0 Å². The normalized spacial score (nSPS) is 24.1. The first kappa shape index (κ1) is 25.3. The van der Waals surface area contributed by atoms with Crippen molar-refractivity contribution in [1.29, 1.82) is 0 Å². The maximum Gasteiger partial charge on any atom is 0.243 e. The van der Waals surface area contributed by atoms with Crippen molar-refractivity contribution in [2.24, 2.45) is 11.3 Å². The monoisotopic (exact) mass is 484 g/mol. The molecule has 0 bridgehead atoms. The van der Waals surface area contributed by atoms with Gasteiger partial charge in [-0.05, 0) is 62.1 Å². The van der Waals surface area contributed by atoms with Crippen LogP contribution >= 0.6 is 0 Å². The first-order valence-corrected chi connectivity index (χ1v) is 12.0. The number of nitrogens with zero attached hydrogens (tertiary/aromatic N) is 4. The lowest BCUT2D eigenvalue weighted by Crippen LogP contribution is -2.50. The van der Waals surface area contributed by atoms with E-state index < -0.39 is 0 Å². The molecule has 1 unspecified atom stereocenters. The minimum atomic E-state index is -0.188. The highest BCUT2D eigenvalue weighted by molar-refractivity contribution is 5.99. The third kappa shape index (κ3) is 4.14. The fraction of sp³-hybridized carbons (Fsp3) is 0.560. The number of amides is 1. The number of likely N-dealkylation sites (N-methyl/N-ethyl adjacent to an activating group) is 1. The average Bonchev–Trinajstić information content (AvgIpc) is 3.10. The molecule has 10 heteroatoms. The van der Waals surface area contributed by atoms with Gasteiger partial charge in [-0.2, -0.15) is 5.10 Å². The Bertz CT molecular complexity index is 1250. The van der Waals surface area contributed by atoms with Gasteiger partial charge in [-0.1, -0.05) is 6.92 Å². The van der Waals surface area contributed by atoms with E-state index in [0.717, 1.165) is 65.7 Å². The molecule has 10 nitrogen and oxygen atoms in total. The molecule has 1 saturated heterocycles. The first-order valence-electron chi connectivity index (χ1n) is 12.0. The number of ether oxygens (including phenoxy) is 1. The molecule has 1 aromatic carbocycles. The van der Waals surface area contributed by atoms with E-state index in [1.165, 1.54) is 17.7 Å². The number of anilines is 1. The van der Waals surface area contributed by atoms with Crippen molar-refractivity contribution < 1.29 is 20.5 Å². The van der Waals surface area contributed by atoms with Crippen molar-refractivity contribution in [2.75, 3.05) is 38.3 Å². The topological polar surface area (TPSA) is 153 Å². The first-order chi connectivity index (χ1) is 15.8. The number of aryl methyl sites for hydroxylation is 1. The predicted octanol–water partition coefficient (Wildman–Crippen LogP) is 1.42. The van der Waals surface area contributed by atoms with E-state index in [-0.39, 0.29) is 22.9 Å². The van der Waals surface area contributed by atoms with Crippen molar-refractivity contribution in [3.8, 4) is 11.5 Å². The summed E-state index contributed by atoms with van der Waals surface area (Å²) < 4.78 is 5.44. The van der Waals surface area contributed by atoms with Crippen LogP contribution in [0.3, 0.4) is 0 Å². The van der Waals surface area contributed by atoms with E-state index in [9.17, 15) is 4.79 Å². The fourth-order valence-electron chi connectivity index (χ4n) is 5.80. The number of benzene rings is 1. The number of fused-ring (bicyclic) bond motifs is 3. The third-order valence-electron chi connectivity index (χ3n) is 8.19. The summed E-state index contributed by atoms with van der Waals surface area (Å²) >= 11 is 0. The van der Waals surface area contributed by atoms with E-state index in [4.69, 9.17) is 9.72 Å². The van der Waals surface area contributed by atoms with Crippen molar-refractivity contribution in [3.63, 3.8) is 0 Å². The van der Waals surface area contributed by atoms with Crippen LogP contribution in [0.1, 0.15) is 37.1 Å². The quantitative estimate of drug-likeness (QED) is 0.573. The number of rotatable bonds is 4. The molecule has 35 heavy (non-hydrogen) atoms. The Morgan fingerprint density at radius 2 is 2.03 bits per heavy atom. The van der Waals surface area contributed by atoms with Crippen molar-refractivity contribution in [1.82, 2.24) is 25.1 Å². The maximum atomic E-state index is 13.2.